The molecule has 0 aromatic rings. The van der Waals surface area contributed by atoms with Crippen LogP contribution in [0.5, 0.6) is 0 Å². The van der Waals surface area contributed by atoms with Gasteiger partial charge in [-0.15, -0.1) is 0 Å². The summed E-state index contributed by atoms with van der Waals surface area (Å²) in [6.07, 6.45) is 8.69. The number of ether oxygens (including phenoxy) is 1. The monoisotopic (exact) mass is 336 g/mol. The minimum absolute atomic E-state index is 0.136. The van der Waals surface area contributed by atoms with Crippen LogP contribution in [0.1, 0.15) is 58.3 Å². The number of likely N-dealkylation sites (tertiary alicyclic amines) is 1. The van der Waals surface area contributed by atoms with Crippen LogP contribution in [0.15, 0.2) is 0 Å². The Kier molecular flexibility index (Phi) is 6.14. The molecule has 2 saturated heterocycles. The Morgan fingerprint density at radius 3 is 2.58 bits per heavy atom. The number of carbonyl (C=O) groups excluding carboxylic acids is 2. The molecule has 3 rings (SSSR count). The molecule has 136 valence electrons. The molecule has 5 heteroatoms. The smallest absolute Gasteiger partial charge is 0.227 e. The van der Waals surface area contributed by atoms with Gasteiger partial charge in [-0.25, -0.2) is 0 Å². The molecular formula is C19H32N2O3. The SMILES string of the molecule is CCN(C[C@H]1CCOC1)C(=O)[C@H]1CC(=O)N(C2CCCCCC2)C1. The van der Waals surface area contributed by atoms with Gasteiger partial charge in [0.05, 0.1) is 12.5 Å². The molecule has 0 unspecified atom stereocenters. The van der Waals surface area contributed by atoms with Crippen LogP contribution in [-0.2, 0) is 14.3 Å². The number of amides is 2. The van der Waals surface area contributed by atoms with E-state index >= 15 is 0 Å². The Bertz CT molecular complexity index is 440. The highest BCUT2D eigenvalue weighted by Gasteiger charge is 2.39. The quantitative estimate of drug-likeness (QED) is 0.725. The summed E-state index contributed by atoms with van der Waals surface area (Å²) < 4.78 is 5.43. The van der Waals surface area contributed by atoms with E-state index in [9.17, 15) is 9.59 Å². The molecule has 2 aliphatic heterocycles. The largest absolute Gasteiger partial charge is 0.381 e. The number of nitrogens with zero attached hydrogens (tertiary/aromatic N) is 2. The Morgan fingerprint density at radius 1 is 1.21 bits per heavy atom. The van der Waals surface area contributed by atoms with Gasteiger partial charge in [-0.2, -0.15) is 0 Å². The van der Waals surface area contributed by atoms with Crippen molar-refractivity contribution < 1.29 is 14.3 Å². The third-order valence-corrected chi connectivity index (χ3v) is 5.97. The van der Waals surface area contributed by atoms with Crippen molar-refractivity contribution in [2.45, 2.75) is 64.3 Å². The average Bonchev–Trinajstić information content (AvgIpc) is 3.15. The molecular weight excluding hydrogens is 304 g/mol. The number of carbonyl (C=O) groups is 2. The van der Waals surface area contributed by atoms with Gasteiger partial charge in [-0.1, -0.05) is 25.7 Å². The molecule has 3 aliphatic rings. The van der Waals surface area contributed by atoms with Crippen molar-refractivity contribution >= 4 is 11.8 Å². The van der Waals surface area contributed by atoms with E-state index in [1.807, 2.05) is 16.7 Å². The van der Waals surface area contributed by atoms with Crippen molar-refractivity contribution in [1.82, 2.24) is 9.80 Å². The van der Waals surface area contributed by atoms with Gasteiger partial charge >= 0.3 is 0 Å². The van der Waals surface area contributed by atoms with Crippen molar-refractivity contribution in [3.63, 3.8) is 0 Å². The van der Waals surface area contributed by atoms with Crippen LogP contribution in [0, 0.1) is 11.8 Å². The van der Waals surface area contributed by atoms with Crippen LogP contribution in [-0.4, -0.2) is 60.5 Å². The third kappa shape index (κ3) is 4.11. The van der Waals surface area contributed by atoms with Gasteiger partial charge in [0.2, 0.25) is 11.8 Å². The van der Waals surface area contributed by atoms with E-state index < -0.39 is 0 Å². The topological polar surface area (TPSA) is 49.9 Å². The molecule has 24 heavy (non-hydrogen) atoms. The fourth-order valence-electron chi connectivity index (χ4n) is 4.49. The van der Waals surface area contributed by atoms with Crippen LogP contribution < -0.4 is 0 Å². The lowest BCUT2D eigenvalue weighted by molar-refractivity contribution is -0.136. The average molecular weight is 336 g/mol. The lowest BCUT2D eigenvalue weighted by atomic mass is 10.0. The van der Waals surface area contributed by atoms with Gasteiger partial charge in [0.1, 0.15) is 0 Å². The molecule has 0 radical (unpaired) electrons. The van der Waals surface area contributed by atoms with E-state index in [4.69, 9.17) is 4.74 Å². The minimum atomic E-state index is -0.136. The van der Waals surface area contributed by atoms with Crippen molar-refractivity contribution in [3.8, 4) is 0 Å². The van der Waals surface area contributed by atoms with Crippen LogP contribution in [0.25, 0.3) is 0 Å². The molecule has 2 amide bonds. The molecule has 1 aliphatic carbocycles. The first-order chi connectivity index (χ1) is 11.7. The van der Waals surface area contributed by atoms with E-state index in [2.05, 4.69) is 0 Å². The lowest BCUT2D eigenvalue weighted by Gasteiger charge is -2.29. The molecule has 0 bridgehead atoms. The van der Waals surface area contributed by atoms with Crippen molar-refractivity contribution in [2.24, 2.45) is 11.8 Å². The molecule has 2 atom stereocenters. The van der Waals surface area contributed by atoms with Crippen LogP contribution in [0.2, 0.25) is 0 Å². The van der Waals surface area contributed by atoms with Gasteiger partial charge in [-0.05, 0) is 26.2 Å². The zero-order valence-corrected chi connectivity index (χ0v) is 15.0. The number of rotatable bonds is 5. The summed E-state index contributed by atoms with van der Waals surface area (Å²) >= 11 is 0. The minimum Gasteiger partial charge on any atom is -0.381 e. The van der Waals surface area contributed by atoms with E-state index in [-0.39, 0.29) is 17.7 Å². The van der Waals surface area contributed by atoms with Gasteiger partial charge in [0, 0.05) is 44.6 Å². The highest BCUT2D eigenvalue weighted by molar-refractivity contribution is 5.89. The van der Waals surface area contributed by atoms with E-state index in [1.165, 1.54) is 25.7 Å². The van der Waals surface area contributed by atoms with Gasteiger partial charge in [-0.3, -0.25) is 9.59 Å². The zero-order chi connectivity index (χ0) is 16.9. The molecule has 2 heterocycles. The first kappa shape index (κ1) is 17.7. The fraction of sp³-hybridized carbons (Fsp3) is 0.895. The van der Waals surface area contributed by atoms with Crippen LogP contribution in [0.4, 0.5) is 0 Å². The number of hydrogen-bond donors (Lipinski definition) is 0. The first-order valence-corrected chi connectivity index (χ1v) is 9.85. The van der Waals surface area contributed by atoms with Crippen molar-refractivity contribution in [2.75, 3.05) is 32.8 Å². The maximum Gasteiger partial charge on any atom is 0.227 e. The van der Waals surface area contributed by atoms with E-state index in [1.54, 1.807) is 0 Å². The predicted octanol–water partition coefficient (Wildman–Crippen LogP) is 2.44. The normalized spacial score (nSPS) is 29.0. The lowest BCUT2D eigenvalue weighted by Crippen LogP contribution is -2.41. The zero-order valence-electron chi connectivity index (χ0n) is 15.0. The summed E-state index contributed by atoms with van der Waals surface area (Å²) in [6, 6.07) is 0.371. The molecule has 0 spiro atoms. The molecule has 3 fully saturated rings. The second-order valence-corrected chi connectivity index (χ2v) is 7.70. The maximum absolute atomic E-state index is 12.9. The second-order valence-electron chi connectivity index (χ2n) is 7.70. The highest BCUT2D eigenvalue weighted by atomic mass is 16.5. The fourth-order valence-corrected chi connectivity index (χ4v) is 4.49. The standard InChI is InChI=1S/C19H32N2O3/c1-2-20(12-15-9-10-24-14-15)19(23)16-11-18(22)21(13-16)17-7-5-3-4-6-8-17/h15-17H,2-14H2,1H3/t15-,16+/m1/s1. The first-order valence-electron chi connectivity index (χ1n) is 9.85. The maximum atomic E-state index is 12.9. The van der Waals surface area contributed by atoms with Gasteiger partial charge < -0.3 is 14.5 Å². The molecule has 5 nitrogen and oxygen atoms in total. The molecule has 0 N–H and O–H groups in total. The summed E-state index contributed by atoms with van der Waals surface area (Å²) in [5.41, 5.74) is 0. The van der Waals surface area contributed by atoms with Crippen LogP contribution >= 0.6 is 0 Å². The molecule has 1 saturated carbocycles. The summed E-state index contributed by atoms with van der Waals surface area (Å²) in [5.74, 6) is 0.696. The molecule has 0 aromatic carbocycles. The highest BCUT2D eigenvalue weighted by Crippen LogP contribution is 2.29. The Hall–Kier alpha value is -1.10. The Balaban J connectivity index is 1.57. The third-order valence-electron chi connectivity index (χ3n) is 5.97. The van der Waals surface area contributed by atoms with E-state index in [0.29, 0.717) is 24.9 Å². The van der Waals surface area contributed by atoms with Crippen LogP contribution in [0.3, 0.4) is 0 Å². The van der Waals surface area contributed by atoms with Crippen molar-refractivity contribution in [3.05, 3.63) is 0 Å². The Morgan fingerprint density at radius 2 is 1.96 bits per heavy atom. The van der Waals surface area contributed by atoms with Gasteiger partial charge in [0.15, 0.2) is 0 Å². The van der Waals surface area contributed by atoms with Gasteiger partial charge in [0.25, 0.3) is 0 Å². The predicted molar refractivity (Wildman–Crippen MR) is 92.5 cm³/mol. The Labute approximate surface area is 145 Å². The summed E-state index contributed by atoms with van der Waals surface area (Å²) in [7, 11) is 0. The van der Waals surface area contributed by atoms with E-state index in [0.717, 1.165) is 45.6 Å². The summed E-state index contributed by atoms with van der Waals surface area (Å²) in [4.78, 5) is 29.4. The summed E-state index contributed by atoms with van der Waals surface area (Å²) in [5, 5.41) is 0. The number of hydrogen-bond acceptors (Lipinski definition) is 3. The summed E-state index contributed by atoms with van der Waals surface area (Å²) in [6.45, 7) is 5.76. The van der Waals surface area contributed by atoms with Crippen molar-refractivity contribution in [1.29, 1.82) is 0 Å². The molecule has 0 aromatic heterocycles. The second kappa shape index (κ2) is 8.32.